The van der Waals surface area contributed by atoms with Crippen molar-refractivity contribution in [1.82, 2.24) is 0 Å². The van der Waals surface area contributed by atoms with Gasteiger partial charge in [0, 0.05) is 10.0 Å². The van der Waals surface area contributed by atoms with E-state index in [-0.39, 0.29) is 16.4 Å². The maximum absolute atomic E-state index is 13.2. The minimum atomic E-state index is -0.389. The van der Waals surface area contributed by atoms with Gasteiger partial charge in [0.1, 0.15) is 5.82 Å². The van der Waals surface area contributed by atoms with Gasteiger partial charge < -0.3 is 5.73 Å². The van der Waals surface area contributed by atoms with Crippen molar-refractivity contribution in [3.63, 3.8) is 0 Å². The molecule has 4 heteroatoms. The van der Waals surface area contributed by atoms with Gasteiger partial charge in [-0.3, -0.25) is 0 Å². The second-order valence-corrected chi connectivity index (χ2v) is 5.19. The Bertz CT molecular complexity index is 377. The highest BCUT2D eigenvalue weighted by atomic mass is 79.9. The van der Waals surface area contributed by atoms with E-state index in [1.807, 2.05) is 6.07 Å². The van der Waals surface area contributed by atoms with Crippen LogP contribution in [0.3, 0.4) is 0 Å². The molecule has 1 aromatic rings. The Kier molecular flexibility index (Phi) is 2.58. The van der Waals surface area contributed by atoms with Crippen LogP contribution in [0.1, 0.15) is 18.4 Å². The van der Waals surface area contributed by atoms with E-state index in [4.69, 9.17) is 17.3 Å². The van der Waals surface area contributed by atoms with Crippen molar-refractivity contribution in [2.24, 2.45) is 5.73 Å². The van der Waals surface area contributed by atoms with Crippen LogP contribution >= 0.6 is 27.5 Å². The van der Waals surface area contributed by atoms with Crippen LogP contribution in [-0.2, 0) is 6.42 Å². The maximum Gasteiger partial charge on any atom is 0.143 e. The summed E-state index contributed by atoms with van der Waals surface area (Å²) < 4.78 is 13.9. The molecule has 14 heavy (non-hydrogen) atoms. The van der Waals surface area contributed by atoms with Gasteiger partial charge in [0.25, 0.3) is 0 Å². The van der Waals surface area contributed by atoms with Gasteiger partial charge in [0.2, 0.25) is 0 Å². The summed E-state index contributed by atoms with van der Waals surface area (Å²) in [5.74, 6) is -0.389. The average molecular weight is 279 g/mol. The highest BCUT2D eigenvalue weighted by Crippen LogP contribution is 2.38. The summed E-state index contributed by atoms with van der Waals surface area (Å²) in [5, 5.41) is 0.199. The largest absolute Gasteiger partial charge is 0.325 e. The van der Waals surface area contributed by atoms with Crippen molar-refractivity contribution in [3.8, 4) is 0 Å². The van der Waals surface area contributed by atoms with Gasteiger partial charge in [0.05, 0.1) is 5.02 Å². The number of rotatable bonds is 2. The first-order valence-electron chi connectivity index (χ1n) is 4.42. The van der Waals surface area contributed by atoms with E-state index in [1.165, 1.54) is 6.07 Å². The average Bonchev–Trinajstić information content (AvgIpc) is 2.79. The highest BCUT2D eigenvalue weighted by molar-refractivity contribution is 9.10. The Morgan fingerprint density at radius 2 is 2.14 bits per heavy atom. The third kappa shape index (κ3) is 2.10. The van der Waals surface area contributed by atoms with Crippen molar-refractivity contribution in [3.05, 3.63) is 33.0 Å². The van der Waals surface area contributed by atoms with Crippen LogP contribution in [0, 0.1) is 5.82 Å². The molecule has 1 aromatic carbocycles. The molecule has 76 valence electrons. The summed E-state index contributed by atoms with van der Waals surface area (Å²) >= 11 is 9.08. The summed E-state index contributed by atoms with van der Waals surface area (Å²) in [6.07, 6.45) is 2.65. The third-order valence-electron chi connectivity index (χ3n) is 2.50. The molecule has 0 radical (unpaired) electrons. The number of nitrogens with two attached hydrogens (primary N) is 1. The highest BCUT2D eigenvalue weighted by Gasteiger charge is 2.38. The van der Waals surface area contributed by atoms with E-state index in [0.29, 0.717) is 10.9 Å². The van der Waals surface area contributed by atoms with E-state index in [1.54, 1.807) is 0 Å². The van der Waals surface area contributed by atoms with Gasteiger partial charge in [-0.05, 0) is 37.0 Å². The first kappa shape index (κ1) is 10.4. The first-order chi connectivity index (χ1) is 6.50. The lowest BCUT2D eigenvalue weighted by molar-refractivity contribution is 0.617. The topological polar surface area (TPSA) is 26.0 Å². The van der Waals surface area contributed by atoms with Crippen LogP contribution in [0.5, 0.6) is 0 Å². The molecule has 0 amide bonds. The molecule has 1 fully saturated rings. The monoisotopic (exact) mass is 277 g/mol. The van der Waals surface area contributed by atoms with Crippen molar-refractivity contribution >= 4 is 27.5 Å². The van der Waals surface area contributed by atoms with Gasteiger partial charge in [-0.25, -0.2) is 4.39 Å². The number of hydrogen-bond donors (Lipinski definition) is 1. The summed E-state index contributed by atoms with van der Waals surface area (Å²) in [6.45, 7) is 0. The predicted molar refractivity (Wildman–Crippen MR) is 59.0 cm³/mol. The normalized spacial score (nSPS) is 18.3. The zero-order valence-electron chi connectivity index (χ0n) is 7.49. The molecule has 0 heterocycles. The zero-order valence-corrected chi connectivity index (χ0v) is 9.83. The van der Waals surface area contributed by atoms with E-state index in [2.05, 4.69) is 15.9 Å². The molecular formula is C10H10BrClFN. The summed E-state index contributed by atoms with van der Waals surface area (Å²) in [4.78, 5) is 0. The third-order valence-corrected chi connectivity index (χ3v) is 3.38. The van der Waals surface area contributed by atoms with E-state index in [9.17, 15) is 4.39 Å². The van der Waals surface area contributed by atoms with Crippen LogP contribution in [0.4, 0.5) is 4.39 Å². The first-order valence-corrected chi connectivity index (χ1v) is 5.60. The molecule has 0 atom stereocenters. The lowest BCUT2D eigenvalue weighted by Gasteiger charge is -2.11. The molecule has 0 aliphatic heterocycles. The Balaban J connectivity index is 2.32. The van der Waals surface area contributed by atoms with Crippen LogP contribution in [-0.4, -0.2) is 5.54 Å². The van der Waals surface area contributed by atoms with Crippen molar-refractivity contribution in [2.45, 2.75) is 24.8 Å². The van der Waals surface area contributed by atoms with Crippen molar-refractivity contribution < 1.29 is 4.39 Å². The summed E-state index contributed by atoms with van der Waals surface area (Å²) in [5.41, 5.74) is 6.60. The van der Waals surface area contributed by atoms with Gasteiger partial charge in [0.15, 0.2) is 0 Å². The molecule has 2 rings (SSSR count). The molecule has 0 bridgehead atoms. The molecule has 1 saturated carbocycles. The molecule has 0 spiro atoms. The second-order valence-electron chi connectivity index (χ2n) is 3.90. The Morgan fingerprint density at radius 1 is 1.50 bits per heavy atom. The van der Waals surface area contributed by atoms with Crippen LogP contribution in [0.15, 0.2) is 16.6 Å². The molecule has 0 unspecified atom stereocenters. The van der Waals surface area contributed by atoms with Gasteiger partial charge >= 0.3 is 0 Å². The molecule has 0 aromatic heterocycles. The maximum atomic E-state index is 13.2. The number of hydrogen-bond acceptors (Lipinski definition) is 1. The molecule has 2 N–H and O–H groups in total. The van der Waals surface area contributed by atoms with E-state index < -0.39 is 0 Å². The fourth-order valence-corrected chi connectivity index (χ4v) is 2.11. The predicted octanol–water partition coefficient (Wildman–Crippen LogP) is 3.28. The summed E-state index contributed by atoms with van der Waals surface area (Å²) in [6, 6.07) is 3.19. The van der Waals surface area contributed by atoms with Gasteiger partial charge in [-0.2, -0.15) is 0 Å². The Morgan fingerprint density at radius 3 is 2.71 bits per heavy atom. The molecule has 1 aliphatic rings. The minimum absolute atomic E-state index is 0.142. The van der Waals surface area contributed by atoms with Gasteiger partial charge in [-0.1, -0.05) is 27.5 Å². The van der Waals surface area contributed by atoms with Crippen molar-refractivity contribution in [2.75, 3.05) is 0 Å². The standard InChI is InChI=1S/C10H10BrClFN/c11-7-3-6(5-10(14)1-2-10)9(12)8(13)4-7/h3-4H,1-2,5,14H2. The minimum Gasteiger partial charge on any atom is -0.325 e. The SMILES string of the molecule is NC1(Cc2cc(Br)cc(F)c2Cl)CC1. The zero-order chi connectivity index (χ0) is 10.3. The van der Waals surface area contributed by atoms with Crippen LogP contribution < -0.4 is 5.73 Å². The molecule has 1 aliphatic carbocycles. The lowest BCUT2D eigenvalue weighted by Crippen LogP contribution is -2.24. The van der Waals surface area contributed by atoms with Gasteiger partial charge in [-0.15, -0.1) is 0 Å². The number of halogens is 3. The number of benzene rings is 1. The van der Waals surface area contributed by atoms with Crippen LogP contribution in [0.25, 0.3) is 0 Å². The molecule has 0 saturated heterocycles. The summed E-state index contributed by atoms with van der Waals surface area (Å²) in [7, 11) is 0. The fraction of sp³-hybridized carbons (Fsp3) is 0.400. The molecular weight excluding hydrogens is 268 g/mol. The van der Waals surface area contributed by atoms with E-state index in [0.717, 1.165) is 18.4 Å². The fourth-order valence-electron chi connectivity index (χ4n) is 1.45. The Hall–Kier alpha value is -0.120. The Labute approximate surface area is 95.6 Å². The second kappa shape index (κ2) is 3.47. The van der Waals surface area contributed by atoms with Crippen LogP contribution in [0.2, 0.25) is 5.02 Å². The lowest BCUT2D eigenvalue weighted by atomic mass is 10.1. The van der Waals surface area contributed by atoms with E-state index >= 15 is 0 Å². The molecule has 1 nitrogen and oxygen atoms in total. The quantitative estimate of drug-likeness (QED) is 0.826. The van der Waals surface area contributed by atoms with Crippen molar-refractivity contribution in [1.29, 1.82) is 0 Å². The smallest absolute Gasteiger partial charge is 0.143 e.